The van der Waals surface area contributed by atoms with Crippen molar-refractivity contribution in [3.8, 4) is 16.9 Å². The molecule has 1 saturated heterocycles. The molecule has 0 radical (unpaired) electrons. The van der Waals surface area contributed by atoms with Crippen molar-refractivity contribution in [3.05, 3.63) is 65.7 Å². The summed E-state index contributed by atoms with van der Waals surface area (Å²) < 4.78 is 17.7. The Bertz CT molecular complexity index is 1500. The highest BCUT2D eigenvalue weighted by atomic mass is 16.5. The molecule has 2 aromatic carbocycles. The van der Waals surface area contributed by atoms with E-state index in [-0.39, 0.29) is 22.9 Å². The molecular formula is C46H64O4. The number of carbonyl (C=O) groups is 1. The van der Waals surface area contributed by atoms with Crippen molar-refractivity contribution in [3.63, 3.8) is 0 Å². The van der Waals surface area contributed by atoms with Gasteiger partial charge in [-0.05, 0) is 133 Å². The number of rotatable bonds is 12. The molecule has 2 aromatic rings. The van der Waals surface area contributed by atoms with Gasteiger partial charge in [-0.3, -0.25) is 0 Å². The first-order valence-corrected chi connectivity index (χ1v) is 20.3. The molecule has 0 aromatic heterocycles. The third kappa shape index (κ3) is 6.84. The van der Waals surface area contributed by atoms with Crippen LogP contribution in [0.1, 0.15) is 129 Å². The zero-order valence-electron chi connectivity index (χ0n) is 32.0. The van der Waals surface area contributed by atoms with E-state index in [1.807, 2.05) is 36.4 Å². The molecule has 50 heavy (non-hydrogen) atoms. The van der Waals surface area contributed by atoms with Crippen molar-refractivity contribution in [2.75, 3.05) is 19.8 Å². The van der Waals surface area contributed by atoms with Crippen molar-refractivity contribution in [2.45, 2.75) is 125 Å². The van der Waals surface area contributed by atoms with Crippen LogP contribution in [-0.4, -0.2) is 31.9 Å². The smallest absolute Gasteiger partial charge is 0.338 e. The standard InChI is InChI=1S/C46H64O4/c1-7-46(28-48-29-46)30-49-37-18-15-34(16-19-37)33-11-13-35(14-12-33)43(47)50-38-23-25-44(5)36(27-38)17-20-39-41-22-21-40(32(4)10-8-9-31(2)3)45(41,6)26-24-42(39)44/h11-19,31-32,38-42H,7-10,20-30H2,1-6H3. The van der Waals surface area contributed by atoms with Crippen molar-refractivity contribution >= 4 is 5.97 Å². The first kappa shape index (κ1) is 35.8. The Balaban J connectivity index is 0.935. The van der Waals surface area contributed by atoms with Crippen LogP contribution in [0, 0.1) is 51.8 Å². The van der Waals surface area contributed by atoms with Crippen LogP contribution in [0.2, 0.25) is 0 Å². The number of fused-ring (bicyclic) bond motifs is 5. The summed E-state index contributed by atoms with van der Waals surface area (Å²) in [5.41, 5.74) is 5.35. The first-order chi connectivity index (χ1) is 24.0. The predicted molar refractivity (Wildman–Crippen MR) is 203 cm³/mol. The lowest BCUT2D eigenvalue weighted by Crippen LogP contribution is -2.51. The second kappa shape index (κ2) is 14.4. The highest BCUT2D eigenvalue weighted by molar-refractivity contribution is 5.90. The van der Waals surface area contributed by atoms with Crippen molar-refractivity contribution in [1.29, 1.82) is 0 Å². The SMILES string of the molecule is CCC1(COc2ccc(-c3ccc(C(=O)OC4CCC5(C)C(=CCC6C5CCC5(C)C(C(C)CCCC(C)C)CCC65)C4)cc3)cc2)COC1. The topological polar surface area (TPSA) is 44.8 Å². The molecule has 4 fully saturated rings. The molecule has 0 spiro atoms. The zero-order valence-corrected chi connectivity index (χ0v) is 32.0. The molecular weight excluding hydrogens is 617 g/mol. The van der Waals surface area contributed by atoms with Gasteiger partial charge in [0.15, 0.2) is 0 Å². The van der Waals surface area contributed by atoms with Gasteiger partial charge in [-0.15, -0.1) is 0 Å². The Morgan fingerprint density at radius 3 is 2.26 bits per heavy atom. The maximum absolute atomic E-state index is 13.4. The van der Waals surface area contributed by atoms with Crippen LogP contribution in [0.3, 0.4) is 0 Å². The molecule has 0 amide bonds. The van der Waals surface area contributed by atoms with Gasteiger partial charge < -0.3 is 14.2 Å². The average Bonchev–Trinajstić information content (AvgIpc) is 3.45. The van der Waals surface area contributed by atoms with Gasteiger partial charge in [0.05, 0.1) is 30.8 Å². The van der Waals surface area contributed by atoms with Crippen LogP contribution in [0.15, 0.2) is 60.2 Å². The Morgan fingerprint density at radius 1 is 0.880 bits per heavy atom. The molecule has 8 unspecified atom stereocenters. The fourth-order valence-corrected chi connectivity index (χ4v) is 11.5. The molecule has 4 nitrogen and oxygen atoms in total. The third-order valence-electron chi connectivity index (χ3n) is 15.0. The van der Waals surface area contributed by atoms with Gasteiger partial charge in [0.2, 0.25) is 0 Å². The minimum atomic E-state index is -0.194. The summed E-state index contributed by atoms with van der Waals surface area (Å²) in [6, 6.07) is 16.1. The van der Waals surface area contributed by atoms with E-state index in [0.717, 1.165) is 91.3 Å². The van der Waals surface area contributed by atoms with E-state index in [4.69, 9.17) is 14.2 Å². The number of hydrogen-bond acceptors (Lipinski definition) is 4. The van der Waals surface area contributed by atoms with Gasteiger partial charge >= 0.3 is 5.97 Å². The molecule has 4 aliphatic carbocycles. The first-order valence-electron chi connectivity index (χ1n) is 20.3. The van der Waals surface area contributed by atoms with Crippen LogP contribution < -0.4 is 4.74 Å². The van der Waals surface area contributed by atoms with Crippen molar-refractivity contribution in [2.24, 2.45) is 51.8 Å². The summed E-state index contributed by atoms with van der Waals surface area (Å²) in [6.45, 7) is 17.0. The number of ether oxygens (including phenoxy) is 3. The molecule has 272 valence electrons. The predicted octanol–water partition coefficient (Wildman–Crippen LogP) is 11.7. The van der Waals surface area contributed by atoms with Gasteiger partial charge in [-0.2, -0.15) is 0 Å². The summed E-state index contributed by atoms with van der Waals surface area (Å²) in [6.07, 6.45) is 17.7. The van der Waals surface area contributed by atoms with Crippen molar-refractivity contribution < 1.29 is 19.0 Å². The lowest BCUT2D eigenvalue weighted by atomic mass is 9.47. The summed E-state index contributed by atoms with van der Waals surface area (Å²) in [4.78, 5) is 13.4. The van der Waals surface area contributed by atoms with Gasteiger partial charge in [-0.25, -0.2) is 4.79 Å². The van der Waals surface area contributed by atoms with Crippen molar-refractivity contribution in [1.82, 2.24) is 0 Å². The Morgan fingerprint density at radius 2 is 1.60 bits per heavy atom. The Kier molecular flexibility index (Phi) is 10.3. The zero-order chi connectivity index (χ0) is 35.1. The highest BCUT2D eigenvalue weighted by Gasteiger charge is 2.59. The maximum atomic E-state index is 13.4. The van der Waals surface area contributed by atoms with E-state index in [1.165, 1.54) is 51.4 Å². The molecule has 1 heterocycles. The van der Waals surface area contributed by atoms with Crippen LogP contribution in [0.5, 0.6) is 5.75 Å². The average molecular weight is 681 g/mol. The van der Waals surface area contributed by atoms with E-state index in [9.17, 15) is 4.79 Å². The van der Waals surface area contributed by atoms with Gasteiger partial charge in [-0.1, -0.05) is 96.7 Å². The minimum absolute atomic E-state index is 0.0275. The summed E-state index contributed by atoms with van der Waals surface area (Å²) >= 11 is 0. The van der Waals surface area contributed by atoms with Crippen LogP contribution >= 0.6 is 0 Å². The fourth-order valence-electron chi connectivity index (χ4n) is 11.5. The lowest BCUT2D eigenvalue weighted by Gasteiger charge is -2.58. The monoisotopic (exact) mass is 680 g/mol. The van der Waals surface area contributed by atoms with E-state index < -0.39 is 0 Å². The number of allylic oxidation sites excluding steroid dienone is 1. The third-order valence-corrected chi connectivity index (χ3v) is 15.0. The number of carbonyl (C=O) groups excluding carboxylic acids is 1. The Hall–Kier alpha value is -2.59. The van der Waals surface area contributed by atoms with Gasteiger partial charge in [0.1, 0.15) is 11.9 Å². The van der Waals surface area contributed by atoms with Gasteiger partial charge in [0, 0.05) is 6.42 Å². The highest BCUT2D eigenvalue weighted by Crippen LogP contribution is 2.67. The second-order valence-electron chi connectivity index (χ2n) is 18.3. The largest absolute Gasteiger partial charge is 0.493 e. The molecule has 1 aliphatic heterocycles. The fraction of sp³-hybridized carbons (Fsp3) is 0.674. The summed E-state index contributed by atoms with van der Waals surface area (Å²) in [5, 5.41) is 0. The van der Waals surface area contributed by atoms with Gasteiger partial charge in [0.25, 0.3) is 0 Å². The molecule has 0 N–H and O–H groups in total. The normalized spacial score (nSPS) is 33.3. The molecule has 4 heteroatoms. The molecule has 0 bridgehead atoms. The maximum Gasteiger partial charge on any atom is 0.338 e. The van der Waals surface area contributed by atoms with E-state index in [1.54, 1.807) is 5.57 Å². The number of esters is 1. The summed E-state index contributed by atoms with van der Waals surface area (Å²) in [5.74, 6) is 5.74. The number of benzene rings is 2. The molecule has 7 rings (SSSR count). The molecule has 3 saturated carbocycles. The quantitative estimate of drug-likeness (QED) is 0.165. The minimum Gasteiger partial charge on any atom is -0.493 e. The van der Waals surface area contributed by atoms with E-state index in [0.29, 0.717) is 17.6 Å². The van der Waals surface area contributed by atoms with Crippen LogP contribution in [0.4, 0.5) is 0 Å². The van der Waals surface area contributed by atoms with E-state index >= 15 is 0 Å². The summed E-state index contributed by atoms with van der Waals surface area (Å²) in [7, 11) is 0. The second-order valence-corrected chi connectivity index (χ2v) is 18.3. The van der Waals surface area contributed by atoms with Crippen LogP contribution in [-0.2, 0) is 9.47 Å². The van der Waals surface area contributed by atoms with E-state index in [2.05, 4.69) is 59.8 Å². The Labute approximate surface area is 303 Å². The lowest BCUT2D eigenvalue weighted by molar-refractivity contribution is -0.133. The molecule has 5 aliphatic rings. The number of hydrogen-bond donors (Lipinski definition) is 0. The molecule has 8 atom stereocenters. The van der Waals surface area contributed by atoms with Crippen LogP contribution in [0.25, 0.3) is 11.1 Å².